The molecule has 0 fully saturated rings. The molecule has 0 aromatic heterocycles. The number of benzene rings is 2. The molecule has 0 aliphatic carbocycles. The van der Waals surface area contributed by atoms with Crippen molar-refractivity contribution in [1.29, 1.82) is 0 Å². The molecule has 0 saturated carbocycles. The first-order valence-electron chi connectivity index (χ1n) is 6.35. The Kier molecular flexibility index (Phi) is 4.95. The minimum absolute atomic E-state index is 0.312. The van der Waals surface area contributed by atoms with E-state index in [2.05, 4.69) is 0 Å². The molecule has 0 atom stereocenters. The first kappa shape index (κ1) is 15.1. The standard InChI is InChI=1S/C16H13ClO4/c1-2-20-15(18)11-5-9-14(10-6-11)21-16(19)12-3-7-13(17)8-4-12/h3-10H,2H2,1H3. The number of ether oxygens (including phenoxy) is 2. The van der Waals surface area contributed by atoms with Gasteiger partial charge in [-0.1, -0.05) is 11.6 Å². The number of hydrogen-bond acceptors (Lipinski definition) is 4. The zero-order valence-corrected chi connectivity index (χ0v) is 12.1. The number of carbonyl (C=O) groups excluding carboxylic acids is 2. The molecule has 0 heterocycles. The molecule has 0 radical (unpaired) electrons. The Balaban J connectivity index is 2.04. The Morgan fingerprint density at radius 3 is 2.00 bits per heavy atom. The second kappa shape index (κ2) is 6.90. The summed E-state index contributed by atoms with van der Waals surface area (Å²) >= 11 is 5.75. The van der Waals surface area contributed by atoms with Gasteiger partial charge in [0.25, 0.3) is 0 Å². The zero-order valence-electron chi connectivity index (χ0n) is 11.3. The van der Waals surface area contributed by atoms with Gasteiger partial charge < -0.3 is 9.47 Å². The van der Waals surface area contributed by atoms with Gasteiger partial charge in [-0.25, -0.2) is 9.59 Å². The monoisotopic (exact) mass is 304 g/mol. The zero-order chi connectivity index (χ0) is 15.2. The lowest BCUT2D eigenvalue weighted by Gasteiger charge is -2.06. The van der Waals surface area contributed by atoms with E-state index in [4.69, 9.17) is 21.1 Å². The molecule has 2 aromatic carbocycles. The minimum atomic E-state index is -0.490. The van der Waals surface area contributed by atoms with E-state index in [1.165, 1.54) is 0 Å². The molecule has 0 saturated heterocycles. The maximum atomic E-state index is 11.9. The van der Waals surface area contributed by atoms with Crippen LogP contribution in [-0.4, -0.2) is 18.5 Å². The third kappa shape index (κ3) is 4.07. The Morgan fingerprint density at radius 1 is 0.905 bits per heavy atom. The molecule has 0 spiro atoms. The average Bonchev–Trinajstić information content (AvgIpc) is 2.49. The van der Waals surface area contributed by atoms with E-state index in [-0.39, 0.29) is 0 Å². The van der Waals surface area contributed by atoms with Gasteiger partial charge in [0.2, 0.25) is 0 Å². The van der Waals surface area contributed by atoms with Crippen LogP contribution in [0.1, 0.15) is 27.6 Å². The lowest BCUT2D eigenvalue weighted by molar-refractivity contribution is 0.0526. The van der Waals surface area contributed by atoms with E-state index in [1.54, 1.807) is 55.5 Å². The number of hydrogen-bond donors (Lipinski definition) is 0. The van der Waals surface area contributed by atoms with Gasteiger partial charge >= 0.3 is 11.9 Å². The van der Waals surface area contributed by atoms with Gasteiger partial charge in [-0.2, -0.15) is 0 Å². The normalized spacial score (nSPS) is 10.0. The molecule has 21 heavy (non-hydrogen) atoms. The van der Waals surface area contributed by atoms with Crippen LogP contribution >= 0.6 is 11.6 Å². The fraction of sp³-hybridized carbons (Fsp3) is 0.125. The number of rotatable bonds is 4. The van der Waals surface area contributed by atoms with Crippen molar-refractivity contribution in [1.82, 2.24) is 0 Å². The smallest absolute Gasteiger partial charge is 0.343 e. The van der Waals surface area contributed by atoms with Crippen molar-refractivity contribution in [2.45, 2.75) is 6.92 Å². The summed E-state index contributed by atoms with van der Waals surface area (Å²) in [6, 6.07) is 12.6. The molecule has 0 aliphatic rings. The third-order valence-corrected chi connectivity index (χ3v) is 2.91. The highest BCUT2D eigenvalue weighted by Crippen LogP contribution is 2.16. The van der Waals surface area contributed by atoms with Crippen LogP contribution in [0.2, 0.25) is 5.02 Å². The van der Waals surface area contributed by atoms with Crippen LogP contribution in [0.15, 0.2) is 48.5 Å². The van der Waals surface area contributed by atoms with Gasteiger partial charge in [0, 0.05) is 5.02 Å². The summed E-state index contributed by atoms with van der Waals surface area (Å²) in [6.07, 6.45) is 0. The van der Waals surface area contributed by atoms with Gasteiger partial charge in [-0.3, -0.25) is 0 Å². The second-order valence-corrected chi connectivity index (χ2v) is 4.58. The van der Waals surface area contributed by atoms with Crippen LogP contribution in [0.3, 0.4) is 0 Å². The molecule has 108 valence electrons. The SMILES string of the molecule is CCOC(=O)c1ccc(OC(=O)c2ccc(Cl)cc2)cc1. The Morgan fingerprint density at radius 2 is 1.43 bits per heavy atom. The fourth-order valence-corrected chi connectivity index (χ4v) is 1.75. The molecule has 0 N–H and O–H groups in total. The lowest BCUT2D eigenvalue weighted by atomic mass is 10.2. The van der Waals surface area contributed by atoms with Crippen molar-refractivity contribution < 1.29 is 19.1 Å². The van der Waals surface area contributed by atoms with Crippen LogP contribution in [0.4, 0.5) is 0 Å². The second-order valence-electron chi connectivity index (χ2n) is 4.14. The Hall–Kier alpha value is -2.33. The van der Waals surface area contributed by atoms with E-state index in [0.29, 0.717) is 28.5 Å². The molecular weight excluding hydrogens is 292 g/mol. The van der Waals surface area contributed by atoms with Gasteiger partial charge in [0.05, 0.1) is 17.7 Å². The number of halogens is 1. The maximum Gasteiger partial charge on any atom is 0.343 e. The van der Waals surface area contributed by atoms with Gasteiger partial charge in [-0.05, 0) is 55.5 Å². The van der Waals surface area contributed by atoms with E-state index in [1.807, 2.05) is 0 Å². The number of esters is 2. The first-order chi connectivity index (χ1) is 10.1. The summed E-state index contributed by atoms with van der Waals surface area (Å²) in [5, 5.41) is 0.547. The topological polar surface area (TPSA) is 52.6 Å². The van der Waals surface area contributed by atoms with E-state index < -0.39 is 11.9 Å². The first-order valence-corrected chi connectivity index (χ1v) is 6.73. The highest BCUT2D eigenvalue weighted by atomic mass is 35.5. The van der Waals surface area contributed by atoms with Crippen LogP contribution < -0.4 is 4.74 Å². The summed E-state index contributed by atoms with van der Waals surface area (Å²) in [4.78, 5) is 23.4. The van der Waals surface area contributed by atoms with Crippen molar-refractivity contribution in [3.63, 3.8) is 0 Å². The van der Waals surface area contributed by atoms with Crippen molar-refractivity contribution in [2.24, 2.45) is 0 Å². The van der Waals surface area contributed by atoms with Crippen LogP contribution in [0, 0.1) is 0 Å². The largest absolute Gasteiger partial charge is 0.462 e. The molecule has 4 nitrogen and oxygen atoms in total. The van der Waals surface area contributed by atoms with Crippen molar-refractivity contribution in [3.8, 4) is 5.75 Å². The highest BCUT2D eigenvalue weighted by molar-refractivity contribution is 6.30. The van der Waals surface area contributed by atoms with E-state index >= 15 is 0 Å². The van der Waals surface area contributed by atoms with E-state index in [9.17, 15) is 9.59 Å². The maximum absolute atomic E-state index is 11.9. The Labute approximate surface area is 127 Å². The molecule has 0 amide bonds. The van der Waals surface area contributed by atoms with E-state index in [0.717, 1.165) is 0 Å². The summed E-state index contributed by atoms with van der Waals surface area (Å²) in [5.41, 5.74) is 0.803. The average molecular weight is 305 g/mol. The fourth-order valence-electron chi connectivity index (χ4n) is 1.63. The highest BCUT2D eigenvalue weighted by Gasteiger charge is 2.10. The molecule has 0 unspecified atom stereocenters. The summed E-state index contributed by atoms with van der Waals surface area (Å²) in [7, 11) is 0. The molecule has 5 heteroatoms. The quantitative estimate of drug-likeness (QED) is 0.638. The third-order valence-electron chi connectivity index (χ3n) is 2.66. The van der Waals surface area contributed by atoms with Gasteiger partial charge in [0.1, 0.15) is 5.75 Å². The van der Waals surface area contributed by atoms with Crippen molar-refractivity contribution in [2.75, 3.05) is 6.61 Å². The molecule has 0 bridgehead atoms. The number of carbonyl (C=O) groups is 2. The predicted octanol–water partition coefficient (Wildman–Crippen LogP) is 3.74. The molecule has 2 aromatic rings. The molecule has 0 aliphatic heterocycles. The van der Waals surface area contributed by atoms with Crippen LogP contribution in [0.25, 0.3) is 0 Å². The van der Waals surface area contributed by atoms with Crippen LogP contribution in [0.5, 0.6) is 5.75 Å². The summed E-state index contributed by atoms with van der Waals surface area (Å²) in [6.45, 7) is 2.05. The van der Waals surface area contributed by atoms with Gasteiger partial charge in [0.15, 0.2) is 0 Å². The van der Waals surface area contributed by atoms with Gasteiger partial charge in [-0.15, -0.1) is 0 Å². The molecule has 2 rings (SSSR count). The van der Waals surface area contributed by atoms with Crippen LogP contribution in [-0.2, 0) is 4.74 Å². The minimum Gasteiger partial charge on any atom is -0.462 e. The van der Waals surface area contributed by atoms with Crippen molar-refractivity contribution in [3.05, 3.63) is 64.7 Å². The van der Waals surface area contributed by atoms with Crippen molar-refractivity contribution >= 4 is 23.5 Å². The Bertz CT molecular complexity index is 632. The summed E-state index contributed by atoms with van der Waals surface area (Å²) < 4.78 is 10.1. The molecular formula is C16H13ClO4. The summed E-state index contributed by atoms with van der Waals surface area (Å²) in [5.74, 6) is -0.549. The predicted molar refractivity (Wildman–Crippen MR) is 78.8 cm³/mol. The lowest BCUT2D eigenvalue weighted by Crippen LogP contribution is -2.09.